The summed E-state index contributed by atoms with van der Waals surface area (Å²) in [6.45, 7) is 3.49. The second kappa shape index (κ2) is 6.43. The normalized spacial score (nSPS) is 11.8. The van der Waals surface area contributed by atoms with E-state index < -0.39 is 18.0 Å². The first-order valence-electron chi connectivity index (χ1n) is 6.79. The molecule has 1 atom stereocenters. The first-order valence-corrected chi connectivity index (χ1v) is 6.79. The van der Waals surface area contributed by atoms with Crippen molar-refractivity contribution in [3.8, 4) is 0 Å². The van der Waals surface area contributed by atoms with Crippen molar-refractivity contribution in [2.24, 2.45) is 7.05 Å². The summed E-state index contributed by atoms with van der Waals surface area (Å²) in [5.41, 5.74) is 2.16. The summed E-state index contributed by atoms with van der Waals surface area (Å²) in [4.78, 5) is 24.4. The van der Waals surface area contributed by atoms with E-state index in [9.17, 15) is 9.59 Å². The maximum atomic E-state index is 12.4. The molecule has 2 aromatic rings. The number of rotatable bonds is 4. The lowest BCUT2D eigenvalue weighted by molar-refractivity contribution is -0.151. The third-order valence-corrected chi connectivity index (χ3v) is 3.46. The Labute approximate surface area is 128 Å². The van der Waals surface area contributed by atoms with Crippen LogP contribution in [0.2, 0.25) is 0 Å². The highest BCUT2D eigenvalue weighted by atomic mass is 16.6. The number of carbonyl (C=O) groups is 2. The van der Waals surface area contributed by atoms with E-state index in [-0.39, 0.29) is 0 Å². The highest BCUT2D eigenvalue weighted by molar-refractivity contribution is 5.93. The molecule has 6 heteroatoms. The van der Waals surface area contributed by atoms with Crippen LogP contribution in [0.15, 0.2) is 30.3 Å². The van der Waals surface area contributed by atoms with Gasteiger partial charge in [0.15, 0.2) is 0 Å². The summed E-state index contributed by atoms with van der Waals surface area (Å²) in [5.74, 6) is -1.22. The van der Waals surface area contributed by atoms with Gasteiger partial charge in [-0.2, -0.15) is 5.10 Å². The molecule has 0 amide bonds. The Kier molecular flexibility index (Phi) is 4.60. The highest BCUT2D eigenvalue weighted by Crippen LogP contribution is 2.22. The summed E-state index contributed by atoms with van der Waals surface area (Å²) in [6, 6.07) is 8.75. The Balaban J connectivity index is 2.31. The smallest absolute Gasteiger partial charge is 0.351 e. The second-order valence-electron chi connectivity index (χ2n) is 4.89. The number of nitrogens with zero attached hydrogens (tertiary/aromatic N) is 2. The van der Waals surface area contributed by atoms with Gasteiger partial charge in [-0.05, 0) is 13.8 Å². The van der Waals surface area contributed by atoms with Crippen molar-refractivity contribution in [3.05, 3.63) is 52.8 Å². The molecule has 0 saturated heterocycles. The van der Waals surface area contributed by atoms with Crippen molar-refractivity contribution in [2.45, 2.75) is 20.0 Å². The molecule has 6 nitrogen and oxygen atoms in total. The molecule has 1 unspecified atom stereocenters. The third kappa shape index (κ3) is 3.00. The van der Waals surface area contributed by atoms with Crippen molar-refractivity contribution >= 4 is 11.9 Å². The van der Waals surface area contributed by atoms with Crippen LogP contribution in [-0.2, 0) is 21.3 Å². The molecule has 0 aliphatic rings. The topological polar surface area (TPSA) is 70.4 Å². The van der Waals surface area contributed by atoms with Gasteiger partial charge >= 0.3 is 11.9 Å². The molecule has 1 heterocycles. The maximum Gasteiger partial charge on any atom is 0.351 e. The SMILES string of the molecule is COC(=O)C(OC(=O)c1c(C)nn(C)c1C)c1ccccc1. The van der Waals surface area contributed by atoms with Crippen molar-refractivity contribution in [2.75, 3.05) is 7.11 Å². The van der Waals surface area contributed by atoms with Gasteiger partial charge in [-0.3, -0.25) is 4.68 Å². The van der Waals surface area contributed by atoms with Gasteiger partial charge in [0.1, 0.15) is 5.56 Å². The van der Waals surface area contributed by atoms with E-state index in [1.165, 1.54) is 7.11 Å². The lowest BCUT2D eigenvalue weighted by Gasteiger charge is -2.16. The van der Waals surface area contributed by atoms with Crippen LogP contribution in [0.4, 0.5) is 0 Å². The van der Waals surface area contributed by atoms with Crippen LogP contribution >= 0.6 is 0 Å². The van der Waals surface area contributed by atoms with Gasteiger partial charge in [-0.25, -0.2) is 9.59 Å². The Morgan fingerprint density at radius 3 is 2.32 bits per heavy atom. The van der Waals surface area contributed by atoms with Crippen LogP contribution in [0.5, 0.6) is 0 Å². The molecular formula is C16H18N2O4. The fraction of sp³-hybridized carbons (Fsp3) is 0.312. The second-order valence-corrected chi connectivity index (χ2v) is 4.89. The number of aromatic nitrogens is 2. The van der Waals surface area contributed by atoms with Crippen LogP contribution in [0.1, 0.15) is 33.4 Å². The molecule has 0 bridgehead atoms. The molecule has 0 saturated carbocycles. The lowest BCUT2D eigenvalue weighted by atomic mass is 10.1. The fourth-order valence-corrected chi connectivity index (χ4v) is 2.22. The van der Waals surface area contributed by atoms with E-state index in [0.717, 1.165) is 0 Å². The zero-order valence-corrected chi connectivity index (χ0v) is 13.0. The van der Waals surface area contributed by atoms with Gasteiger partial charge in [0, 0.05) is 18.3 Å². The molecular weight excluding hydrogens is 284 g/mol. The number of hydrogen-bond acceptors (Lipinski definition) is 5. The number of aryl methyl sites for hydroxylation is 2. The van der Waals surface area contributed by atoms with Gasteiger partial charge in [0.25, 0.3) is 0 Å². The van der Waals surface area contributed by atoms with Crippen LogP contribution in [0.3, 0.4) is 0 Å². The van der Waals surface area contributed by atoms with Crippen molar-refractivity contribution in [3.63, 3.8) is 0 Å². The van der Waals surface area contributed by atoms with E-state index in [1.807, 2.05) is 6.07 Å². The minimum Gasteiger partial charge on any atom is -0.466 e. The maximum absolute atomic E-state index is 12.4. The van der Waals surface area contributed by atoms with E-state index in [2.05, 4.69) is 5.10 Å². The summed E-state index contributed by atoms with van der Waals surface area (Å²) < 4.78 is 11.7. The fourth-order valence-electron chi connectivity index (χ4n) is 2.22. The summed E-state index contributed by atoms with van der Waals surface area (Å²) >= 11 is 0. The first kappa shape index (κ1) is 15.8. The minimum absolute atomic E-state index is 0.368. The number of ether oxygens (including phenoxy) is 2. The summed E-state index contributed by atoms with van der Waals surface area (Å²) in [5, 5.41) is 4.18. The zero-order chi connectivity index (χ0) is 16.3. The number of benzene rings is 1. The predicted molar refractivity (Wildman–Crippen MR) is 79.3 cm³/mol. The van der Waals surface area contributed by atoms with Crippen LogP contribution < -0.4 is 0 Å². The summed E-state index contributed by atoms with van der Waals surface area (Å²) in [7, 11) is 3.00. The largest absolute Gasteiger partial charge is 0.466 e. The van der Waals surface area contributed by atoms with Gasteiger partial charge in [0.05, 0.1) is 12.8 Å². The minimum atomic E-state index is -1.10. The Hall–Kier alpha value is -2.63. The first-order chi connectivity index (χ1) is 10.5. The molecule has 0 radical (unpaired) electrons. The molecule has 116 valence electrons. The molecule has 22 heavy (non-hydrogen) atoms. The summed E-state index contributed by atoms with van der Waals surface area (Å²) in [6.07, 6.45) is -1.10. The van der Waals surface area contributed by atoms with E-state index >= 15 is 0 Å². The Morgan fingerprint density at radius 2 is 1.82 bits per heavy atom. The van der Waals surface area contributed by atoms with Crippen molar-refractivity contribution in [1.29, 1.82) is 0 Å². The number of hydrogen-bond donors (Lipinski definition) is 0. The Morgan fingerprint density at radius 1 is 1.18 bits per heavy atom. The van der Waals surface area contributed by atoms with E-state index in [4.69, 9.17) is 9.47 Å². The lowest BCUT2D eigenvalue weighted by Crippen LogP contribution is -2.21. The number of carbonyl (C=O) groups excluding carboxylic acids is 2. The quantitative estimate of drug-likeness (QED) is 0.809. The van der Waals surface area contributed by atoms with E-state index in [1.54, 1.807) is 49.8 Å². The molecule has 0 N–H and O–H groups in total. The molecule has 0 aliphatic heterocycles. The van der Waals surface area contributed by atoms with Crippen molar-refractivity contribution in [1.82, 2.24) is 9.78 Å². The van der Waals surface area contributed by atoms with Crippen molar-refractivity contribution < 1.29 is 19.1 Å². The zero-order valence-electron chi connectivity index (χ0n) is 13.0. The molecule has 2 rings (SSSR count). The monoisotopic (exact) mass is 302 g/mol. The predicted octanol–water partition coefficient (Wildman–Crippen LogP) is 2.11. The average Bonchev–Trinajstić information content (AvgIpc) is 2.77. The van der Waals surface area contributed by atoms with Gasteiger partial charge in [0.2, 0.25) is 6.10 Å². The average molecular weight is 302 g/mol. The molecule has 0 aliphatic carbocycles. The van der Waals surface area contributed by atoms with Gasteiger partial charge < -0.3 is 9.47 Å². The number of esters is 2. The van der Waals surface area contributed by atoms with Gasteiger partial charge in [-0.1, -0.05) is 30.3 Å². The highest BCUT2D eigenvalue weighted by Gasteiger charge is 2.28. The molecule has 0 spiro atoms. The van der Waals surface area contributed by atoms with Gasteiger partial charge in [-0.15, -0.1) is 0 Å². The number of methoxy groups -OCH3 is 1. The standard InChI is InChI=1S/C16H18N2O4/c1-10-13(11(2)18(3)17-10)15(19)22-14(16(20)21-4)12-8-6-5-7-9-12/h5-9,14H,1-4H3. The van der Waals surface area contributed by atoms with Crippen LogP contribution in [0.25, 0.3) is 0 Å². The van der Waals surface area contributed by atoms with E-state index in [0.29, 0.717) is 22.5 Å². The van der Waals surface area contributed by atoms with Crippen LogP contribution in [-0.4, -0.2) is 28.8 Å². The molecule has 0 fully saturated rings. The van der Waals surface area contributed by atoms with Crippen LogP contribution in [0, 0.1) is 13.8 Å². The molecule has 1 aromatic heterocycles. The third-order valence-electron chi connectivity index (χ3n) is 3.46. The molecule has 1 aromatic carbocycles. The Bertz CT molecular complexity index is 692.